The molecule has 1 amide bonds. The number of amides is 1. The second-order valence-electron chi connectivity index (χ2n) is 6.82. The molecule has 0 saturated carbocycles. The fraction of sp³-hybridized carbons (Fsp3) is 0.261. The molecule has 0 aliphatic rings. The van der Waals surface area contributed by atoms with Crippen LogP contribution in [-0.4, -0.2) is 12.0 Å². The number of fused-ring (bicyclic) bond motifs is 1. The zero-order chi connectivity index (χ0) is 18.5. The number of hydrogen-bond donors (Lipinski definition) is 1. The molecular formula is C23H25NO2. The second-order valence-corrected chi connectivity index (χ2v) is 6.82. The van der Waals surface area contributed by atoms with E-state index in [0.29, 0.717) is 12.2 Å². The van der Waals surface area contributed by atoms with Crippen LogP contribution < -0.4 is 5.32 Å². The standard InChI is InChI=1S/C23H25NO2/c1-16(2)26-15-18-11-13-20(14-12-18)23(25)24-17(3)21-10-6-8-19-7-4-5-9-22(19)21/h4-14,16-17H,15H2,1-3H3,(H,24,25). The summed E-state index contributed by atoms with van der Waals surface area (Å²) in [6.07, 6.45) is 0.194. The Bertz CT molecular complexity index is 879. The van der Waals surface area contributed by atoms with Crippen LogP contribution in [0.15, 0.2) is 66.7 Å². The van der Waals surface area contributed by atoms with Crippen LogP contribution in [0.1, 0.15) is 48.3 Å². The molecule has 0 heterocycles. The van der Waals surface area contributed by atoms with E-state index < -0.39 is 0 Å². The second kappa shape index (κ2) is 8.15. The average molecular weight is 347 g/mol. The molecule has 0 spiro atoms. The number of nitrogens with one attached hydrogen (secondary N) is 1. The molecule has 134 valence electrons. The molecule has 3 nitrogen and oxygen atoms in total. The van der Waals surface area contributed by atoms with Crippen molar-refractivity contribution in [1.29, 1.82) is 0 Å². The van der Waals surface area contributed by atoms with Crippen LogP contribution in [0.2, 0.25) is 0 Å². The molecule has 1 unspecified atom stereocenters. The van der Waals surface area contributed by atoms with Gasteiger partial charge in [-0.25, -0.2) is 0 Å². The van der Waals surface area contributed by atoms with Gasteiger partial charge >= 0.3 is 0 Å². The third kappa shape index (κ3) is 4.30. The van der Waals surface area contributed by atoms with Crippen molar-refractivity contribution >= 4 is 16.7 Å². The molecule has 1 atom stereocenters. The maximum atomic E-state index is 12.6. The van der Waals surface area contributed by atoms with Gasteiger partial charge in [-0.2, -0.15) is 0 Å². The van der Waals surface area contributed by atoms with Gasteiger partial charge in [0.15, 0.2) is 0 Å². The van der Waals surface area contributed by atoms with Crippen molar-refractivity contribution in [1.82, 2.24) is 5.32 Å². The largest absolute Gasteiger partial charge is 0.374 e. The lowest BCUT2D eigenvalue weighted by Gasteiger charge is -2.17. The molecule has 0 saturated heterocycles. The summed E-state index contributed by atoms with van der Waals surface area (Å²) in [6.45, 7) is 6.60. The van der Waals surface area contributed by atoms with Crippen LogP contribution in [0, 0.1) is 0 Å². The van der Waals surface area contributed by atoms with Crippen molar-refractivity contribution in [3.8, 4) is 0 Å². The summed E-state index contributed by atoms with van der Waals surface area (Å²) < 4.78 is 5.59. The summed E-state index contributed by atoms with van der Waals surface area (Å²) in [5.74, 6) is -0.0678. The minimum absolute atomic E-state index is 0.0678. The van der Waals surface area contributed by atoms with E-state index >= 15 is 0 Å². The molecular weight excluding hydrogens is 322 g/mol. The monoisotopic (exact) mass is 347 g/mol. The first-order valence-corrected chi connectivity index (χ1v) is 9.03. The summed E-state index contributed by atoms with van der Waals surface area (Å²) in [5.41, 5.74) is 2.85. The Labute approximate surface area is 155 Å². The molecule has 0 aromatic heterocycles. The van der Waals surface area contributed by atoms with E-state index in [4.69, 9.17) is 4.74 Å². The first-order chi connectivity index (χ1) is 12.5. The summed E-state index contributed by atoms with van der Waals surface area (Å²) in [6, 6.07) is 21.9. The van der Waals surface area contributed by atoms with Crippen molar-refractivity contribution in [2.75, 3.05) is 0 Å². The van der Waals surface area contributed by atoms with Crippen molar-refractivity contribution < 1.29 is 9.53 Å². The lowest BCUT2D eigenvalue weighted by atomic mass is 9.99. The highest BCUT2D eigenvalue weighted by Gasteiger charge is 2.13. The normalized spacial score (nSPS) is 12.3. The Morgan fingerprint density at radius 2 is 1.62 bits per heavy atom. The summed E-state index contributed by atoms with van der Waals surface area (Å²) in [7, 11) is 0. The molecule has 3 aromatic rings. The van der Waals surface area contributed by atoms with Gasteiger partial charge < -0.3 is 10.1 Å². The van der Waals surface area contributed by atoms with E-state index in [-0.39, 0.29) is 18.1 Å². The number of ether oxygens (including phenoxy) is 1. The Kier molecular flexibility index (Phi) is 5.69. The molecule has 0 fully saturated rings. The predicted molar refractivity (Wildman–Crippen MR) is 106 cm³/mol. The Morgan fingerprint density at radius 3 is 2.35 bits per heavy atom. The fourth-order valence-corrected chi connectivity index (χ4v) is 3.00. The Morgan fingerprint density at radius 1 is 0.923 bits per heavy atom. The van der Waals surface area contributed by atoms with Crippen LogP contribution in [-0.2, 0) is 11.3 Å². The third-order valence-electron chi connectivity index (χ3n) is 4.44. The topological polar surface area (TPSA) is 38.3 Å². The molecule has 3 heteroatoms. The SMILES string of the molecule is CC(C)OCc1ccc(C(=O)NC(C)c2cccc3ccccc23)cc1. The zero-order valence-electron chi connectivity index (χ0n) is 15.5. The predicted octanol–water partition coefficient (Wildman–Crippen LogP) is 5.26. The number of benzene rings is 3. The van der Waals surface area contributed by atoms with Gasteiger partial charge in [-0.1, -0.05) is 54.6 Å². The van der Waals surface area contributed by atoms with Crippen molar-refractivity contribution in [2.24, 2.45) is 0 Å². The van der Waals surface area contributed by atoms with Crippen LogP contribution in [0.25, 0.3) is 10.8 Å². The molecule has 0 radical (unpaired) electrons. The van der Waals surface area contributed by atoms with Crippen LogP contribution in [0.4, 0.5) is 0 Å². The van der Waals surface area contributed by atoms with Crippen molar-refractivity contribution in [3.05, 3.63) is 83.4 Å². The van der Waals surface area contributed by atoms with E-state index in [1.54, 1.807) is 0 Å². The van der Waals surface area contributed by atoms with Gasteiger partial charge in [0.1, 0.15) is 0 Å². The summed E-state index contributed by atoms with van der Waals surface area (Å²) in [5, 5.41) is 5.46. The van der Waals surface area contributed by atoms with Gasteiger partial charge in [-0.15, -0.1) is 0 Å². The van der Waals surface area contributed by atoms with Crippen molar-refractivity contribution in [2.45, 2.75) is 39.5 Å². The number of rotatable bonds is 6. The van der Waals surface area contributed by atoms with Crippen LogP contribution >= 0.6 is 0 Å². The van der Waals surface area contributed by atoms with Crippen LogP contribution in [0.5, 0.6) is 0 Å². The fourth-order valence-electron chi connectivity index (χ4n) is 3.00. The van der Waals surface area contributed by atoms with Crippen LogP contribution in [0.3, 0.4) is 0 Å². The van der Waals surface area contributed by atoms with E-state index in [9.17, 15) is 4.79 Å². The van der Waals surface area contributed by atoms with Gasteiger partial charge in [-0.3, -0.25) is 4.79 Å². The first-order valence-electron chi connectivity index (χ1n) is 9.03. The lowest BCUT2D eigenvalue weighted by molar-refractivity contribution is 0.0656. The minimum atomic E-state index is -0.0717. The number of carbonyl (C=O) groups is 1. The molecule has 0 aliphatic carbocycles. The van der Waals surface area contributed by atoms with Gasteiger partial charge in [0, 0.05) is 5.56 Å². The zero-order valence-corrected chi connectivity index (χ0v) is 15.5. The first kappa shape index (κ1) is 18.2. The molecule has 26 heavy (non-hydrogen) atoms. The quantitative estimate of drug-likeness (QED) is 0.661. The highest BCUT2D eigenvalue weighted by Crippen LogP contribution is 2.24. The van der Waals surface area contributed by atoms with E-state index in [2.05, 4.69) is 29.6 Å². The lowest BCUT2D eigenvalue weighted by Crippen LogP contribution is -2.26. The van der Waals surface area contributed by atoms with Crippen molar-refractivity contribution in [3.63, 3.8) is 0 Å². The molecule has 3 rings (SSSR count). The number of carbonyl (C=O) groups excluding carboxylic acids is 1. The van der Waals surface area contributed by atoms with E-state index in [1.807, 2.05) is 63.2 Å². The maximum Gasteiger partial charge on any atom is 0.251 e. The van der Waals surface area contributed by atoms with Gasteiger partial charge in [-0.05, 0) is 54.8 Å². The third-order valence-corrected chi connectivity index (χ3v) is 4.44. The molecule has 0 bridgehead atoms. The Balaban J connectivity index is 1.71. The molecule has 1 N–H and O–H groups in total. The highest BCUT2D eigenvalue weighted by molar-refractivity contribution is 5.95. The molecule has 3 aromatic carbocycles. The Hall–Kier alpha value is -2.65. The van der Waals surface area contributed by atoms with Gasteiger partial charge in [0.2, 0.25) is 0 Å². The summed E-state index contributed by atoms with van der Waals surface area (Å²) >= 11 is 0. The minimum Gasteiger partial charge on any atom is -0.374 e. The van der Waals surface area contributed by atoms with E-state index in [0.717, 1.165) is 11.1 Å². The average Bonchev–Trinajstić information content (AvgIpc) is 2.66. The molecule has 0 aliphatic heterocycles. The summed E-state index contributed by atoms with van der Waals surface area (Å²) in [4.78, 5) is 12.6. The van der Waals surface area contributed by atoms with Gasteiger partial charge in [0.25, 0.3) is 5.91 Å². The van der Waals surface area contributed by atoms with E-state index in [1.165, 1.54) is 10.8 Å². The smallest absolute Gasteiger partial charge is 0.251 e. The number of hydrogen-bond acceptors (Lipinski definition) is 2. The highest BCUT2D eigenvalue weighted by atomic mass is 16.5. The van der Waals surface area contributed by atoms with Gasteiger partial charge in [0.05, 0.1) is 18.8 Å². The maximum absolute atomic E-state index is 12.6.